The second-order valence-electron chi connectivity index (χ2n) is 7.60. The number of aromatic nitrogens is 2. The fraction of sp³-hybridized carbons (Fsp3) is 0.250. The van der Waals surface area contributed by atoms with Gasteiger partial charge >= 0.3 is 0 Å². The number of hydrogen-bond acceptors (Lipinski definition) is 4. The van der Waals surface area contributed by atoms with Crippen molar-refractivity contribution in [3.8, 4) is 0 Å². The van der Waals surface area contributed by atoms with Crippen LogP contribution in [0.4, 0.5) is 11.4 Å². The van der Waals surface area contributed by atoms with E-state index in [4.69, 9.17) is 0 Å². The Kier molecular flexibility index (Phi) is 5.31. The molecule has 0 radical (unpaired) electrons. The summed E-state index contributed by atoms with van der Waals surface area (Å²) in [5.41, 5.74) is 3.67. The zero-order valence-electron chi connectivity index (χ0n) is 17.3. The molecule has 4 rings (SSSR count). The van der Waals surface area contributed by atoms with Crippen molar-refractivity contribution in [2.45, 2.75) is 39.3 Å². The summed E-state index contributed by atoms with van der Waals surface area (Å²) < 4.78 is 0. The lowest BCUT2D eigenvalue weighted by Gasteiger charge is -2.43. The van der Waals surface area contributed by atoms with E-state index in [1.807, 2.05) is 73.3 Å². The molecular weight excluding hydrogens is 376 g/mol. The molecule has 1 aliphatic heterocycles. The highest BCUT2D eigenvalue weighted by Crippen LogP contribution is 2.42. The van der Waals surface area contributed by atoms with Crippen LogP contribution in [-0.2, 0) is 4.79 Å². The van der Waals surface area contributed by atoms with Crippen LogP contribution < -0.4 is 9.80 Å². The fourth-order valence-electron chi connectivity index (χ4n) is 4.13. The van der Waals surface area contributed by atoms with Crippen LogP contribution in [0.25, 0.3) is 0 Å². The van der Waals surface area contributed by atoms with Crippen molar-refractivity contribution in [2.24, 2.45) is 0 Å². The lowest BCUT2D eigenvalue weighted by molar-refractivity contribution is -0.117. The number of amides is 2. The average molecular weight is 400 g/mol. The summed E-state index contributed by atoms with van der Waals surface area (Å²) in [5.74, 6) is -0.215. The van der Waals surface area contributed by atoms with E-state index in [1.54, 1.807) is 18.0 Å². The molecule has 30 heavy (non-hydrogen) atoms. The standard InChI is InChI=1S/C24H24N4O2/c1-16-14-26-21(15-25-16)24(30)27-17(2)13-23(20-11-7-8-12-22(20)27)28(18(3)29)19-9-5-4-6-10-19/h4-12,14-15,17,23H,13H2,1-3H3. The molecule has 0 saturated heterocycles. The van der Waals surface area contributed by atoms with Crippen molar-refractivity contribution >= 4 is 23.2 Å². The maximum absolute atomic E-state index is 13.3. The van der Waals surface area contributed by atoms with Crippen LogP contribution in [0.2, 0.25) is 0 Å². The molecule has 6 heteroatoms. The zero-order valence-corrected chi connectivity index (χ0v) is 17.3. The molecule has 0 N–H and O–H groups in total. The molecule has 0 bridgehead atoms. The van der Waals surface area contributed by atoms with Gasteiger partial charge in [0.2, 0.25) is 5.91 Å². The van der Waals surface area contributed by atoms with Gasteiger partial charge in [0.15, 0.2) is 0 Å². The zero-order chi connectivity index (χ0) is 21.3. The average Bonchev–Trinajstić information content (AvgIpc) is 2.74. The van der Waals surface area contributed by atoms with Gasteiger partial charge in [0.25, 0.3) is 5.91 Å². The first kappa shape index (κ1) is 19.8. The predicted molar refractivity (Wildman–Crippen MR) is 116 cm³/mol. The number of anilines is 2. The number of para-hydroxylation sites is 2. The smallest absolute Gasteiger partial charge is 0.278 e. The first-order valence-electron chi connectivity index (χ1n) is 10.0. The maximum atomic E-state index is 13.3. The molecule has 2 unspecified atom stereocenters. The van der Waals surface area contributed by atoms with Crippen LogP contribution >= 0.6 is 0 Å². The molecule has 3 aromatic rings. The van der Waals surface area contributed by atoms with E-state index in [9.17, 15) is 9.59 Å². The summed E-state index contributed by atoms with van der Waals surface area (Å²) in [5, 5.41) is 0. The number of rotatable bonds is 3. The third-order valence-electron chi connectivity index (χ3n) is 5.46. The summed E-state index contributed by atoms with van der Waals surface area (Å²) >= 11 is 0. The van der Waals surface area contributed by atoms with Crippen molar-refractivity contribution in [1.29, 1.82) is 0 Å². The molecule has 2 heterocycles. The number of carbonyl (C=O) groups is 2. The Balaban J connectivity index is 1.77. The summed E-state index contributed by atoms with van der Waals surface area (Å²) in [6.45, 7) is 5.43. The number of fused-ring (bicyclic) bond motifs is 1. The molecule has 2 aromatic carbocycles. The van der Waals surface area contributed by atoms with Gasteiger partial charge in [-0.25, -0.2) is 4.98 Å². The SMILES string of the molecule is CC(=O)N(c1ccccc1)C1CC(C)N(C(=O)c2cnc(C)cn2)c2ccccc21. The Morgan fingerprint density at radius 2 is 1.70 bits per heavy atom. The Morgan fingerprint density at radius 1 is 1.00 bits per heavy atom. The Bertz CT molecular complexity index is 1070. The molecule has 2 atom stereocenters. The highest BCUT2D eigenvalue weighted by atomic mass is 16.2. The van der Waals surface area contributed by atoms with E-state index >= 15 is 0 Å². The van der Waals surface area contributed by atoms with Crippen LogP contribution in [0.5, 0.6) is 0 Å². The Labute approximate surface area is 176 Å². The van der Waals surface area contributed by atoms with Crippen LogP contribution in [-0.4, -0.2) is 27.8 Å². The highest BCUT2D eigenvalue weighted by Gasteiger charge is 2.38. The quantitative estimate of drug-likeness (QED) is 0.657. The molecule has 1 aliphatic rings. The lowest BCUT2D eigenvalue weighted by atomic mass is 9.89. The second kappa shape index (κ2) is 8.06. The second-order valence-corrected chi connectivity index (χ2v) is 7.60. The number of carbonyl (C=O) groups excluding carboxylic acids is 2. The van der Waals surface area contributed by atoms with Crippen LogP contribution in [0.3, 0.4) is 0 Å². The van der Waals surface area contributed by atoms with E-state index in [-0.39, 0.29) is 23.9 Å². The van der Waals surface area contributed by atoms with Gasteiger partial charge < -0.3 is 9.80 Å². The van der Waals surface area contributed by atoms with Gasteiger partial charge in [0.05, 0.1) is 17.9 Å². The maximum Gasteiger partial charge on any atom is 0.278 e. The summed E-state index contributed by atoms with van der Waals surface area (Å²) in [6, 6.07) is 17.2. The van der Waals surface area contributed by atoms with Crippen molar-refractivity contribution in [1.82, 2.24) is 9.97 Å². The van der Waals surface area contributed by atoms with E-state index in [0.717, 1.165) is 22.6 Å². The predicted octanol–water partition coefficient (Wildman–Crippen LogP) is 4.32. The Hall–Kier alpha value is -3.54. The number of benzene rings is 2. The molecular formula is C24H24N4O2. The van der Waals surface area contributed by atoms with E-state index in [1.165, 1.54) is 6.20 Å². The molecule has 0 aliphatic carbocycles. The Morgan fingerprint density at radius 3 is 2.37 bits per heavy atom. The molecule has 0 saturated carbocycles. The van der Waals surface area contributed by atoms with Gasteiger partial charge in [-0.05, 0) is 44.0 Å². The molecule has 2 amide bonds. The minimum atomic E-state index is -0.185. The first-order valence-corrected chi connectivity index (χ1v) is 10.0. The van der Waals surface area contributed by atoms with Gasteiger partial charge in [-0.1, -0.05) is 36.4 Å². The number of nitrogens with zero attached hydrogens (tertiary/aromatic N) is 4. The highest BCUT2D eigenvalue weighted by molar-refractivity contribution is 6.06. The van der Waals surface area contributed by atoms with Crippen molar-refractivity contribution in [2.75, 3.05) is 9.80 Å². The minimum absolute atomic E-state index is 0.0302. The lowest BCUT2D eigenvalue weighted by Crippen LogP contribution is -2.47. The summed E-state index contributed by atoms with van der Waals surface area (Å²) in [6.07, 6.45) is 3.74. The normalized spacial score (nSPS) is 17.9. The molecule has 0 spiro atoms. The topological polar surface area (TPSA) is 66.4 Å². The van der Waals surface area contributed by atoms with E-state index in [0.29, 0.717) is 12.1 Å². The largest absolute Gasteiger partial charge is 0.305 e. The van der Waals surface area contributed by atoms with Crippen molar-refractivity contribution < 1.29 is 9.59 Å². The molecule has 0 fully saturated rings. The van der Waals surface area contributed by atoms with Gasteiger partial charge in [0.1, 0.15) is 5.69 Å². The molecule has 6 nitrogen and oxygen atoms in total. The minimum Gasteiger partial charge on any atom is -0.305 e. The third kappa shape index (κ3) is 3.56. The van der Waals surface area contributed by atoms with Crippen molar-refractivity contribution in [3.63, 3.8) is 0 Å². The number of aryl methyl sites for hydroxylation is 1. The van der Waals surface area contributed by atoms with Gasteiger partial charge in [-0.2, -0.15) is 0 Å². The van der Waals surface area contributed by atoms with Gasteiger partial charge in [0, 0.05) is 30.5 Å². The van der Waals surface area contributed by atoms with Crippen LogP contribution in [0.15, 0.2) is 67.0 Å². The summed E-state index contributed by atoms with van der Waals surface area (Å²) in [4.78, 5) is 38.0. The monoisotopic (exact) mass is 400 g/mol. The van der Waals surface area contributed by atoms with Crippen LogP contribution in [0.1, 0.15) is 48.1 Å². The van der Waals surface area contributed by atoms with E-state index < -0.39 is 0 Å². The third-order valence-corrected chi connectivity index (χ3v) is 5.46. The molecule has 1 aromatic heterocycles. The molecule has 152 valence electrons. The number of hydrogen-bond donors (Lipinski definition) is 0. The van der Waals surface area contributed by atoms with E-state index in [2.05, 4.69) is 9.97 Å². The van der Waals surface area contributed by atoms with Crippen LogP contribution in [0, 0.1) is 6.92 Å². The summed E-state index contributed by atoms with van der Waals surface area (Å²) in [7, 11) is 0. The first-order chi connectivity index (χ1) is 14.5. The van der Waals surface area contributed by atoms with Gasteiger partial charge in [-0.15, -0.1) is 0 Å². The fourth-order valence-corrected chi connectivity index (χ4v) is 4.13. The van der Waals surface area contributed by atoms with Gasteiger partial charge in [-0.3, -0.25) is 14.6 Å². The van der Waals surface area contributed by atoms with Crippen molar-refractivity contribution in [3.05, 3.63) is 83.9 Å².